The first-order valence-electron chi connectivity index (χ1n) is 6.31. The van der Waals surface area contributed by atoms with Crippen molar-refractivity contribution in [1.29, 1.82) is 0 Å². The monoisotopic (exact) mass is 289 g/mol. The quantitative estimate of drug-likeness (QED) is 0.792. The minimum atomic E-state index is -3.08. The third kappa shape index (κ3) is 5.57. The Morgan fingerprint density at radius 3 is 2.63 bits per heavy atom. The standard InChI is InChI=1S/C13H20FNO3S/c1-3-15-10-11-5-6-13(12(14)9-11)18-7-8-19(16,17)4-2/h5-6,9,15H,3-4,7-8,10H2,1-2H3. The molecule has 0 fully saturated rings. The SMILES string of the molecule is CCNCc1ccc(OCCS(=O)(=O)CC)c(F)c1. The van der Waals surface area contributed by atoms with Gasteiger partial charge in [-0.15, -0.1) is 0 Å². The van der Waals surface area contributed by atoms with E-state index >= 15 is 0 Å². The second-order valence-corrected chi connectivity index (χ2v) is 6.60. The van der Waals surface area contributed by atoms with Crippen molar-refractivity contribution in [3.63, 3.8) is 0 Å². The number of benzene rings is 1. The van der Waals surface area contributed by atoms with Crippen LogP contribution in [-0.4, -0.2) is 33.1 Å². The van der Waals surface area contributed by atoms with Crippen molar-refractivity contribution in [3.8, 4) is 5.75 Å². The summed E-state index contributed by atoms with van der Waals surface area (Å²) in [6.07, 6.45) is 0. The fraction of sp³-hybridized carbons (Fsp3) is 0.538. The van der Waals surface area contributed by atoms with Crippen molar-refractivity contribution < 1.29 is 17.5 Å². The van der Waals surface area contributed by atoms with Gasteiger partial charge in [-0.1, -0.05) is 19.9 Å². The number of ether oxygens (including phenoxy) is 1. The topological polar surface area (TPSA) is 55.4 Å². The molecule has 0 spiro atoms. The van der Waals surface area contributed by atoms with E-state index in [4.69, 9.17) is 4.74 Å². The van der Waals surface area contributed by atoms with Gasteiger partial charge in [-0.2, -0.15) is 0 Å². The Labute approximate surface area is 113 Å². The van der Waals surface area contributed by atoms with Crippen LogP contribution in [0, 0.1) is 5.82 Å². The molecular weight excluding hydrogens is 269 g/mol. The van der Waals surface area contributed by atoms with Crippen LogP contribution in [0.15, 0.2) is 18.2 Å². The average molecular weight is 289 g/mol. The lowest BCUT2D eigenvalue weighted by atomic mass is 10.2. The van der Waals surface area contributed by atoms with Crippen LogP contribution in [-0.2, 0) is 16.4 Å². The van der Waals surface area contributed by atoms with Gasteiger partial charge in [-0.3, -0.25) is 0 Å². The van der Waals surface area contributed by atoms with E-state index in [0.717, 1.165) is 12.1 Å². The lowest BCUT2D eigenvalue weighted by Crippen LogP contribution is -2.16. The van der Waals surface area contributed by atoms with Crippen LogP contribution >= 0.6 is 0 Å². The molecule has 0 aromatic heterocycles. The summed E-state index contributed by atoms with van der Waals surface area (Å²) in [5.74, 6) is -0.404. The highest BCUT2D eigenvalue weighted by atomic mass is 32.2. The third-order valence-corrected chi connectivity index (χ3v) is 4.34. The van der Waals surface area contributed by atoms with Crippen molar-refractivity contribution in [3.05, 3.63) is 29.6 Å². The Hall–Kier alpha value is -1.14. The first-order valence-corrected chi connectivity index (χ1v) is 8.13. The Morgan fingerprint density at radius 2 is 2.05 bits per heavy atom. The largest absolute Gasteiger partial charge is 0.489 e. The molecule has 0 saturated carbocycles. The number of sulfone groups is 1. The predicted molar refractivity (Wildman–Crippen MR) is 73.6 cm³/mol. The van der Waals surface area contributed by atoms with E-state index in [0.29, 0.717) is 6.54 Å². The molecule has 1 N–H and O–H groups in total. The summed E-state index contributed by atoms with van der Waals surface area (Å²) >= 11 is 0. The second kappa shape index (κ2) is 7.45. The molecule has 1 aromatic carbocycles. The van der Waals surface area contributed by atoms with Crippen LogP contribution in [0.4, 0.5) is 4.39 Å². The zero-order valence-electron chi connectivity index (χ0n) is 11.3. The summed E-state index contributed by atoms with van der Waals surface area (Å²) in [6.45, 7) is 4.93. The molecule has 0 aliphatic carbocycles. The van der Waals surface area contributed by atoms with Crippen molar-refractivity contribution in [2.45, 2.75) is 20.4 Å². The van der Waals surface area contributed by atoms with Gasteiger partial charge in [-0.25, -0.2) is 12.8 Å². The van der Waals surface area contributed by atoms with Crippen molar-refractivity contribution in [1.82, 2.24) is 5.32 Å². The summed E-state index contributed by atoms with van der Waals surface area (Å²) in [4.78, 5) is 0. The molecule has 0 atom stereocenters. The van der Waals surface area contributed by atoms with E-state index in [9.17, 15) is 12.8 Å². The first-order chi connectivity index (χ1) is 8.98. The fourth-order valence-electron chi connectivity index (χ4n) is 1.46. The lowest BCUT2D eigenvalue weighted by molar-refractivity contribution is 0.322. The molecule has 0 radical (unpaired) electrons. The Morgan fingerprint density at radius 1 is 1.32 bits per heavy atom. The normalized spacial score (nSPS) is 11.5. The van der Waals surface area contributed by atoms with E-state index < -0.39 is 15.7 Å². The van der Waals surface area contributed by atoms with Crippen LogP contribution in [0.2, 0.25) is 0 Å². The van der Waals surface area contributed by atoms with Gasteiger partial charge in [0.1, 0.15) is 6.61 Å². The van der Waals surface area contributed by atoms with Crippen LogP contribution in [0.5, 0.6) is 5.75 Å². The van der Waals surface area contributed by atoms with Crippen LogP contribution in [0.25, 0.3) is 0 Å². The maximum atomic E-state index is 13.7. The van der Waals surface area contributed by atoms with Crippen LogP contribution in [0.1, 0.15) is 19.4 Å². The number of halogens is 1. The Balaban J connectivity index is 2.55. The zero-order chi connectivity index (χ0) is 14.3. The highest BCUT2D eigenvalue weighted by Crippen LogP contribution is 2.18. The number of nitrogens with one attached hydrogen (secondary N) is 1. The molecule has 19 heavy (non-hydrogen) atoms. The summed E-state index contributed by atoms with van der Waals surface area (Å²) < 4.78 is 41.4. The minimum absolute atomic E-state index is 0.0281. The summed E-state index contributed by atoms with van der Waals surface area (Å²) in [5, 5.41) is 3.10. The van der Waals surface area contributed by atoms with Gasteiger partial charge in [0, 0.05) is 12.3 Å². The summed E-state index contributed by atoms with van der Waals surface area (Å²) in [5.41, 5.74) is 0.827. The molecule has 0 aliphatic rings. The number of hydrogen-bond donors (Lipinski definition) is 1. The molecule has 0 heterocycles. The predicted octanol–water partition coefficient (Wildman–Crippen LogP) is 1.75. The number of hydrogen-bond acceptors (Lipinski definition) is 4. The maximum absolute atomic E-state index is 13.7. The van der Waals surface area contributed by atoms with E-state index in [-0.39, 0.29) is 23.9 Å². The van der Waals surface area contributed by atoms with E-state index in [2.05, 4.69) is 5.32 Å². The summed E-state index contributed by atoms with van der Waals surface area (Å²) in [7, 11) is -3.08. The first kappa shape index (κ1) is 15.9. The van der Waals surface area contributed by atoms with E-state index in [1.807, 2.05) is 6.92 Å². The molecule has 0 amide bonds. The highest BCUT2D eigenvalue weighted by molar-refractivity contribution is 7.91. The van der Waals surface area contributed by atoms with E-state index in [1.165, 1.54) is 12.1 Å². The molecule has 1 rings (SSSR count). The maximum Gasteiger partial charge on any atom is 0.165 e. The molecule has 0 aliphatic heterocycles. The number of rotatable bonds is 8. The van der Waals surface area contributed by atoms with Crippen molar-refractivity contribution in [2.24, 2.45) is 0 Å². The Kier molecular flexibility index (Phi) is 6.24. The molecule has 0 bridgehead atoms. The highest BCUT2D eigenvalue weighted by Gasteiger charge is 2.09. The van der Waals surface area contributed by atoms with Crippen LogP contribution < -0.4 is 10.1 Å². The fourth-order valence-corrected chi connectivity index (χ4v) is 2.09. The molecular formula is C13H20FNO3S. The van der Waals surface area contributed by atoms with Gasteiger partial charge < -0.3 is 10.1 Å². The van der Waals surface area contributed by atoms with Gasteiger partial charge >= 0.3 is 0 Å². The Bertz CT molecular complexity index is 503. The van der Waals surface area contributed by atoms with Crippen molar-refractivity contribution >= 4 is 9.84 Å². The van der Waals surface area contributed by atoms with Gasteiger partial charge in [0.2, 0.25) is 0 Å². The summed E-state index contributed by atoms with van der Waals surface area (Å²) in [6, 6.07) is 4.68. The van der Waals surface area contributed by atoms with Gasteiger partial charge in [0.05, 0.1) is 5.75 Å². The smallest absolute Gasteiger partial charge is 0.165 e. The second-order valence-electron chi connectivity index (χ2n) is 4.13. The zero-order valence-corrected chi connectivity index (χ0v) is 12.1. The van der Waals surface area contributed by atoms with Crippen LogP contribution in [0.3, 0.4) is 0 Å². The average Bonchev–Trinajstić information content (AvgIpc) is 2.38. The molecule has 6 heteroatoms. The minimum Gasteiger partial charge on any atom is -0.489 e. The van der Waals surface area contributed by atoms with Gasteiger partial charge in [0.15, 0.2) is 21.4 Å². The van der Waals surface area contributed by atoms with Gasteiger partial charge in [-0.05, 0) is 24.2 Å². The molecule has 108 valence electrons. The van der Waals surface area contributed by atoms with E-state index in [1.54, 1.807) is 13.0 Å². The lowest BCUT2D eigenvalue weighted by Gasteiger charge is -2.09. The third-order valence-electron chi connectivity index (χ3n) is 2.67. The molecule has 1 aromatic rings. The van der Waals surface area contributed by atoms with Crippen molar-refractivity contribution in [2.75, 3.05) is 24.7 Å². The molecule has 0 unspecified atom stereocenters. The molecule has 4 nitrogen and oxygen atoms in total. The van der Waals surface area contributed by atoms with Gasteiger partial charge in [0.25, 0.3) is 0 Å². The molecule has 0 saturated heterocycles.